The van der Waals surface area contributed by atoms with Crippen LogP contribution in [0, 0.1) is 5.41 Å². The molecule has 1 saturated carbocycles. The SMILES string of the molecule is CC1(C)CCCC(CN)(N2CCOCC2)CC1. The van der Waals surface area contributed by atoms with Gasteiger partial charge in [-0.05, 0) is 31.1 Å². The van der Waals surface area contributed by atoms with E-state index in [0.29, 0.717) is 5.41 Å². The molecule has 0 aromatic rings. The third-order valence-corrected chi connectivity index (χ3v) is 4.82. The summed E-state index contributed by atoms with van der Waals surface area (Å²) in [5, 5.41) is 0. The van der Waals surface area contributed by atoms with E-state index < -0.39 is 0 Å². The van der Waals surface area contributed by atoms with Gasteiger partial charge in [-0.25, -0.2) is 0 Å². The number of morpholine rings is 1. The van der Waals surface area contributed by atoms with Gasteiger partial charge in [-0.15, -0.1) is 0 Å². The standard InChI is InChI=1S/C14H28N2O/c1-13(2)4-3-5-14(12-15,7-6-13)16-8-10-17-11-9-16/h3-12,15H2,1-2H3. The summed E-state index contributed by atoms with van der Waals surface area (Å²) in [5.74, 6) is 0. The van der Waals surface area contributed by atoms with Gasteiger partial charge >= 0.3 is 0 Å². The maximum Gasteiger partial charge on any atom is 0.0594 e. The van der Waals surface area contributed by atoms with E-state index in [1.54, 1.807) is 0 Å². The van der Waals surface area contributed by atoms with E-state index in [2.05, 4.69) is 18.7 Å². The van der Waals surface area contributed by atoms with E-state index in [0.717, 1.165) is 32.8 Å². The molecule has 2 aliphatic rings. The van der Waals surface area contributed by atoms with E-state index in [1.165, 1.54) is 32.1 Å². The van der Waals surface area contributed by atoms with Crippen molar-refractivity contribution >= 4 is 0 Å². The van der Waals surface area contributed by atoms with Gasteiger partial charge in [-0.1, -0.05) is 20.3 Å². The summed E-state index contributed by atoms with van der Waals surface area (Å²) in [6, 6.07) is 0. The minimum absolute atomic E-state index is 0.261. The van der Waals surface area contributed by atoms with Gasteiger partial charge in [0, 0.05) is 25.2 Å². The average molecular weight is 240 g/mol. The van der Waals surface area contributed by atoms with Crippen LogP contribution in [0.25, 0.3) is 0 Å². The summed E-state index contributed by atoms with van der Waals surface area (Å²) in [5.41, 5.74) is 6.91. The summed E-state index contributed by atoms with van der Waals surface area (Å²) in [4.78, 5) is 2.61. The molecule has 1 heterocycles. The van der Waals surface area contributed by atoms with Gasteiger partial charge in [0.15, 0.2) is 0 Å². The van der Waals surface area contributed by atoms with Crippen LogP contribution in [0.15, 0.2) is 0 Å². The molecule has 17 heavy (non-hydrogen) atoms. The van der Waals surface area contributed by atoms with Crippen molar-refractivity contribution in [1.82, 2.24) is 4.90 Å². The first kappa shape index (κ1) is 13.3. The van der Waals surface area contributed by atoms with Crippen molar-refractivity contribution in [3.63, 3.8) is 0 Å². The molecule has 0 radical (unpaired) electrons. The zero-order chi connectivity index (χ0) is 12.4. The quantitative estimate of drug-likeness (QED) is 0.750. The Morgan fingerprint density at radius 2 is 1.76 bits per heavy atom. The van der Waals surface area contributed by atoms with Crippen LogP contribution in [-0.4, -0.2) is 43.3 Å². The van der Waals surface area contributed by atoms with Crippen molar-refractivity contribution < 1.29 is 4.74 Å². The summed E-state index contributed by atoms with van der Waals surface area (Å²) in [7, 11) is 0. The van der Waals surface area contributed by atoms with Gasteiger partial charge < -0.3 is 10.5 Å². The number of nitrogens with zero attached hydrogens (tertiary/aromatic N) is 1. The molecule has 2 fully saturated rings. The number of ether oxygens (including phenoxy) is 1. The molecule has 1 atom stereocenters. The molecule has 3 heteroatoms. The minimum Gasteiger partial charge on any atom is -0.379 e. The second-order valence-corrected chi connectivity index (χ2v) is 6.55. The molecule has 2 rings (SSSR count). The molecule has 0 bridgehead atoms. The molecule has 0 aromatic carbocycles. The lowest BCUT2D eigenvalue weighted by Gasteiger charge is -2.45. The lowest BCUT2D eigenvalue weighted by Crippen LogP contribution is -2.57. The Hall–Kier alpha value is -0.120. The van der Waals surface area contributed by atoms with Gasteiger partial charge in [0.25, 0.3) is 0 Å². The monoisotopic (exact) mass is 240 g/mol. The molecule has 0 aromatic heterocycles. The fourth-order valence-corrected chi connectivity index (χ4v) is 3.40. The number of hydrogen-bond acceptors (Lipinski definition) is 3. The van der Waals surface area contributed by atoms with Crippen LogP contribution in [0.1, 0.15) is 46.0 Å². The molecular formula is C14H28N2O. The lowest BCUT2D eigenvalue weighted by molar-refractivity contribution is -0.0264. The minimum atomic E-state index is 0.261. The number of hydrogen-bond donors (Lipinski definition) is 1. The summed E-state index contributed by atoms with van der Waals surface area (Å²) in [6.45, 7) is 9.51. The van der Waals surface area contributed by atoms with Crippen LogP contribution in [0.4, 0.5) is 0 Å². The summed E-state index contributed by atoms with van der Waals surface area (Å²) in [6.07, 6.45) is 6.51. The van der Waals surface area contributed by atoms with Gasteiger partial charge in [-0.2, -0.15) is 0 Å². The molecule has 0 spiro atoms. The van der Waals surface area contributed by atoms with Crippen molar-refractivity contribution in [3.8, 4) is 0 Å². The Kier molecular flexibility index (Phi) is 4.11. The second-order valence-electron chi connectivity index (χ2n) is 6.55. The Morgan fingerprint density at radius 3 is 2.41 bits per heavy atom. The number of nitrogens with two attached hydrogens (primary N) is 1. The van der Waals surface area contributed by atoms with Gasteiger partial charge in [0.05, 0.1) is 13.2 Å². The van der Waals surface area contributed by atoms with E-state index >= 15 is 0 Å². The molecule has 2 N–H and O–H groups in total. The van der Waals surface area contributed by atoms with Gasteiger partial charge in [-0.3, -0.25) is 4.90 Å². The predicted octanol–water partition coefficient (Wildman–Crippen LogP) is 2.01. The van der Waals surface area contributed by atoms with Crippen LogP contribution in [-0.2, 0) is 4.74 Å². The molecular weight excluding hydrogens is 212 g/mol. The molecule has 1 saturated heterocycles. The topological polar surface area (TPSA) is 38.5 Å². The first-order valence-corrected chi connectivity index (χ1v) is 7.11. The Labute approximate surface area is 106 Å². The van der Waals surface area contributed by atoms with Crippen LogP contribution < -0.4 is 5.73 Å². The highest BCUT2D eigenvalue weighted by Crippen LogP contribution is 2.40. The molecule has 100 valence electrons. The molecule has 0 amide bonds. The summed E-state index contributed by atoms with van der Waals surface area (Å²) >= 11 is 0. The summed E-state index contributed by atoms with van der Waals surface area (Å²) < 4.78 is 5.47. The van der Waals surface area contributed by atoms with Crippen LogP contribution >= 0.6 is 0 Å². The molecule has 1 aliphatic carbocycles. The van der Waals surface area contributed by atoms with Gasteiger partial charge in [0.2, 0.25) is 0 Å². The van der Waals surface area contributed by atoms with E-state index in [-0.39, 0.29) is 5.54 Å². The van der Waals surface area contributed by atoms with Crippen LogP contribution in [0.2, 0.25) is 0 Å². The van der Waals surface area contributed by atoms with Crippen LogP contribution in [0.5, 0.6) is 0 Å². The fourth-order valence-electron chi connectivity index (χ4n) is 3.40. The Bertz CT molecular complexity index is 249. The fraction of sp³-hybridized carbons (Fsp3) is 1.00. The average Bonchev–Trinajstić information content (AvgIpc) is 2.50. The molecule has 3 nitrogen and oxygen atoms in total. The largest absolute Gasteiger partial charge is 0.379 e. The van der Waals surface area contributed by atoms with Crippen LogP contribution in [0.3, 0.4) is 0 Å². The zero-order valence-corrected chi connectivity index (χ0v) is 11.5. The first-order chi connectivity index (χ1) is 8.08. The maximum atomic E-state index is 6.14. The van der Waals surface area contributed by atoms with Crippen molar-refractivity contribution in [1.29, 1.82) is 0 Å². The van der Waals surface area contributed by atoms with Gasteiger partial charge in [0.1, 0.15) is 0 Å². The van der Waals surface area contributed by atoms with Crippen molar-refractivity contribution in [3.05, 3.63) is 0 Å². The zero-order valence-electron chi connectivity index (χ0n) is 11.5. The third-order valence-electron chi connectivity index (χ3n) is 4.82. The Morgan fingerprint density at radius 1 is 1.06 bits per heavy atom. The van der Waals surface area contributed by atoms with E-state index in [1.807, 2.05) is 0 Å². The predicted molar refractivity (Wildman–Crippen MR) is 71.0 cm³/mol. The van der Waals surface area contributed by atoms with Crippen molar-refractivity contribution in [2.75, 3.05) is 32.8 Å². The third kappa shape index (κ3) is 3.01. The van der Waals surface area contributed by atoms with Crippen molar-refractivity contribution in [2.24, 2.45) is 11.1 Å². The number of rotatable bonds is 2. The molecule has 1 aliphatic heterocycles. The normalized spacial score (nSPS) is 35.5. The maximum absolute atomic E-state index is 6.14. The highest BCUT2D eigenvalue weighted by molar-refractivity contribution is 4.96. The smallest absolute Gasteiger partial charge is 0.0594 e. The lowest BCUT2D eigenvalue weighted by atomic mass is 9.83. The van der Waals surface area contributed by atoms with Crippen molar-refractivity contribution in [2.45, 2.75) is 51.5 Å². The highest BCUT2D eigenvalue weighted by Gasteiger charge is 2.39. The second kappa shape index (κ2) is 5.25. The highest BCUT2D eigenvalue weighted by atomic mass is 16.5. The van der Waals surface area contributed by atoms with E-state index in [4.69, 9.17) is 10.5 Å². The first-order valence-electron chi connectivity index (χ1n) is 7.11. The Balaban J connectivity index is 2.07. The van der Waals surface area contributed by atoms with E-state index in [9.17, 15) is 0 Å². The molecule has 1 unspecified atom stereocenters.